The SMILES string of the molecule is O=C(CCc1ccc(O)cc1)NCc1ccc(C(F)(F)F)cc1. The zero-order valence-corrected chi connectivity index (χ0v) is 12.2. The van der Waals surface area contributed by atoms with E-state index in [0.29, 0.717) is 12.0 Å². The lowest BCUT2D eigenvalue weighted by atomic mass is 10.1. The summed E-state index contributed by atoms with van der Waals surface area (Å²) in [5.74, 6) is -0.0153. The third-order valence-electron chi connectivity index (χ3n) is 3.35. The number of rotatable bonds is 5. The van der Waals surface area contributed by atoms with Gasteiger partial charge in [0.15, 0.2) is 0 Å². The van der Waals surface area contributed by atoms with Gasteiger partial charge in [0.1, 0.15) is 5.75 Å². The molecular formula is C17H16F3NO2. The van der Waals surface area contributed by atoms with E-state index < -0.39 is 11.7 Å². The molecule has 0 heterocycles. The molecule has 1 amide bonds. The highest BCUT2D eigenvalue weighted by Crippen LogP contribution is 2.29. The number of hydrogen-bond donors (Lipinski definition) is 2. The minimum atomic E-state index is -4.36. The van der Waals surface area contributed by atoms with Crippen molar-refractivity contribution in [3.63, 3.8) is 0 Å². The van der Waals surface area contributed by atoms with Gasteiger partial charge in [-0.25, -0.2) is 0 Å². The Bertz CT molecular complexity index is 649. The number of carbonyl (C=O) groups is 1. The van der Waals surface area contributed by atoms with Crippen LogP contribution in [0, 0.1) is 0 Å². The van der Waals surface area contributed by atoms with Gasteiger partial charge in [-0.05, 0) is 41.8 Å². The number of amides is 1. The Labute approximate surface area is 131 Å². The maximum Gasteiger partial charge on any atom is 0.416 e. The molecule has 3 nitrogen and oxygen atoms in total. The number of alkyl halides is 3. The van der Waals surface area contributed by atoms with Crippen LogP contribution in [0.3, 0.4) is 0 Å². The molecule has 0 saturated heterocycles. The number of nitrogens with one attached hydrogen (secondary N) is 1. The Morgan fingerprint density at radius 3 is 2.09 bits per heavy atom. The van der Waals surface area contributed by atoms with Crippen LogP contribution in [-0.2, 0) is 23.9 Å². The van der Waals surface area contributed by atoms with Crippen molar-refractivity contribution < 1.29 is 23.1 Å². The van der Waals surface area contributed by atoms with Crippen molar-refractivity contribution in [1.29, 1.82) is 0 Å². The molecule has 2 rings (SSSR count). The molecule has 0 aliphatic carbocycles. The first kappa shape index (κ1) is 16.9. The predicted molar refractivity (Wildman–Crippen MR) is 79.7 cm³/mol. The minimum Gasteiger partial charge on any atom is -0.508 e. The molecule has 0 spiro atoms. The molecule has 0 aliphatic heterocycles. The van der Waals surface area contributed by atoms with Crippen LogP contribution >= 0.6 is 0 Å². The third-order valence-corrected chi connectivity index (χ3v) is 3.35. The molecular weight excluding hydrogens is 307 g/mol. The van der Waals surface area contributed by atoms with E-state index >= 15 is 0 Å². The Balaban J connectivity index is 1.79. The van der Waals surface area contributed by atoms with E-state index in [0.717, 1.165) is 17.7 Å². The summed E-state index contributed by atoms with van der Waals surface area (Å²) in [5, 5.41) is 11.8. The van der Waals surface area contributed by atoms with Crippen molar-refractivity contribution >= 4 is 5.91 Å². The summed E-state index contributed by atoms with van der Waals surface area (Å²) < 4.78 is 37.3. The van der Waals surface area contributed by atoms with Crippen LogP contribution in [0.2, 0.25) is 0 Å². The highest BCUT2D eigenvalue weighted by atomic mass is 19.4. The normalized spacial score (nSPS) is 11.3. The summed E-state index contributed by atoms with van der Waals surface area (Å²) in [6.07, 6.45) is -3.56. The second-order valence-corrected chi connectivity index (χ2v) is 5.14. The van der Waals surface area contributed by atoms with Crippen molar-refractivity contribution in [2.75, 3.05) is 0 Å². The van der Waals surface area contributed by atoms with Gasteiger partial charge in [-0.1, -0.05) is 24.3 Å². The Hall–Kier alpha value is -2.50. The number of phenolic OH excluding ortho intramolecular Hbond substituents is 1. The zero-order valence-electron chi connectivity index (χ0n) is 12.2. The van der Waals surface area contributed by atoms with Crippen LogP contribution in [0.1, 0.15) is 23.1 Å². The molecule has 6 heteroatoms. The van der Waals surface area contributed by atoms with Crippen LogP contribution in [-0.4, -0.2) is 11.0 Å². The molecule has 0 fully saturated rings. The number of halogens is 3. The fourth-order valence-corrected chi connectivity index (χ4v) is 2.02. The van der Waals surface area contributed by atoms with Crippen molar-refractivity contribution in [2.45, 2.75) is 25.6 Å². The predicted octanol–water partition coefficient (Wildman–Crippen LogP) is 3.66. The molecule has 0 aliphatic rings. The van der Waals surface area contributed by atoms with Crippen LogP contribution < -0.4 is 5.32 Å². The average Bonchev–Trinajstić information content (AvgIpc) is 2.52. The molecule has 0 atom stereocenters. The quantitative estimate of drug-likeness (QED) is 0.882. The van der Waals surface area contributed by atoms with Crippen molar-refractivity contribution in [1.82, 2.24) is 5.32 Å². The van der Waals surface area contributed by atoms with E-state index in [1.54, 1.807) is 24.3 Å². The van der Waals surface area contributed by atoms with Gasteiger partial charge in [0.05, 0.1) is 5.56 Å². The highest BCUT2D eigenvalue weighted by Gasteiger charge is 2.29. The summed E-state index contributed by atoms with van der Waals surface area (Å²) in [6.45, 7) is 0.187. The molecule has 0 aromatic heterocycles. The first-order valence-electron chi connectivity index (χ1n) is 7.05. The Kier molecular flexibility index (Phi) is 5.26. The van der Waals surface area contributed by atoms with Gasteiger partial charge in [0.2, 0.25) is 5.91 Å². The number of hydrogen-bond acceptors (Lipinski definition) is 2. The lowest BCUT2D eigenvalue weighted by Gasteiger charge is -2.09. The fraction of sp³-hybridized carbons (Fsp3) is 0.235. The number of aryl methyl sites for hydroxylation is 1. The van der Waals surface area contributed by atoms with Gasteiger partial charge in [-0.2, -0.15) is 13.2 Å². The number of carbonyl (C=O) groups excluding carboxylic acids is 1. The van der Waals surface area contributed by atoms with Gasteiger partial charge in [-0.15, -0.1) is 0 Å². The monoisotopic (exact) mass is 323 g/mol. The molecule has 0 saturated carbocycles. The molecule has 23 heavy (non-hydrogen) atoms. The molecule has 122 valence electrons. The van der Waals surface area contributed by atoms with Crippen LogP contribution in [0.4, 0.5) is 13.2 Å². The smallest absolute Gasteiger partial charge is 0.416 e. The maximum absolute atomic E-state index is 12.4. The summed E-state index contributed by atoms with van der Waals surface area (Å²) in [4.78, 5) is 11.7. The van der Waals surface area contributed by atoms with E-state index in [9.17, 15) is 18.0 Å². The van der Waals surface area contributed by atoms with Crippen LogP contribution in [0.5, 0.6) is 5.75 Å². The van der Waals surface area contributed by atoms with Crippen molar-refractivity contribution in [2.24, 2.45) is 0 Å². The molecule has 2 aromatic rings. The molecule has 0 bridgehead atoms. The van der Waals surface area contributed by atoms with E-state index in [1.165, 1.54) is 12.1 Å². The molecule has 0 radical (unpaired) electrons. The summed E-state index contributed by atoms with van der Waals surface area (Å²) in [7, 11) is 0. The molecule has 0 unspecified atom stereocenters. The van der Waals surface area contributed by atoms with Gasteiger partial charge >= 0.3 is 6.18 Å². The van der Waals surface area contributed by atoms with Gasteiger partial charge in [0.25, 0.3) is 0 Å². The van der Waals surface area contributed by atoms with Crippen molar-refractivity contribution in [3.8, 4) is 5.75 Å². The topological polar surface area (TPSA) is 49.3 Å². The van der Waals surface area contributed by atoms with Gasteiger partial charge < -0.3 is 10.4 Å². The van der Waals surface area contributed by atoms with Gasteiger partial charge in [-0.3, -0.25) is 4.79 Å². The second-order valence-electron chi connectivity index (χ2n) is 5.14. The summed E-state index contributed by atoms with van der Waals surface area (Å²) in [6, 6.07) is 11.3. The molecule has 2 N–H and O–H groups in total. The highest BCUT2D eigenvalue weighted by molar-refractivity contribution is 5.76. The standard InChI is InChI=1S/C17H16F3NO2/c18-17(19,20)14-6-1-13(2-7-14)11-21-16(23)10-5-12-3-8-15(22)9-4-12/h1-4,6-9,22H,5,10-11H2,(H,21,23). The van der Waals surface area contributed by atoms with Crippen LogP contribution in [0.15, 0.2) is 48.5 Å². The van der Waals surface area contributed by atoms with E-state index in [4.69, 9.17) is 5.11 Å². The van der Waals surface area contributed by atoms with E-state index in [1.807, 2.05) is 0 Å². The first-order chi connectivity index (χ1) is 10.8. The van der Waals surface area contributed by atoms with E-state index in [2.05, 4.69) is 5.32 Å². The van der Waals surface area contributed by atoms with Crippen molar-refractivity contribution in [3.05, 3.63) is 65.2 Å². The second kappa shape index (κ2) is 7.17. The number of phenols is 1. The number of aromatic hydroxyl groups is 1. The van der Waals surface area contributed by atoms with Gasteiger partial charge in [0, 0.05) is 13.0 Å². The third kappa shape index (κ3) is 5.32. The Morgan fingerprint density at radius 2 is 1.52 bits per heavy atom. The first-order valence-corrected chi connectivity index (χ1v) is 7.05. The lowest BCUT2D eigenvalue weighted by Crippen LogP contribution is -2.23. The summed E-state index contributed by atoms with van der Waals surface area (Å²) in [5.41, 5.74) is 0.823. The maximum atomic E-state index is 12.4. The summed E-state index contributed by atoms with van der Waals surface area (Å²) >= 11 is 0. The molecule has 2 aromatic carbocycles. The fourth-order valence-electron chi connectivity index (χ4n) is 2.02. The van der Waals surface area contributed by atoms with Crippen LogP contribution in [0.25, 0.3) is 0 Å². The lowest BCUT2D eigenvalue weighted by molar-refractivity contribution is -0.137. The number of benzene rings is 2. The van der Waals surface area contributed by atoms with E-state index in [-0.39, 0.29) is 24.6 Å². The zero-order chi connectivity index (χ0) is 16.9. The average molecular weight is 323 g/mol. The largest absolute Gasteiger partial charge is 0.508 e. The minimum absolute atomic E-state index is 0.167. The Morgan fingerprint density at radius 1 is 0.957 bits per heavy atom.